The van der Waals surface area contributed by atoms with E-state index < -0.39 is 0 Å². The van der Waals surface area contributed by atoms with Gasteiger partial charge in [0.05, 0.1) is 18.0 Å². The Morgan fingerprint density at radius 2 is 2.03 bits per heavy atom. The number of rotatable bonds is 7. The van der Waals surface area contributed by atoms with Gasteiger partial charge in [-0.1, -0.05) is 6.07 Å². The minimum absolute atomic E-state index is 0.416. The highest BCUT2D eigenvalue weighted by Gasteiger charge is 2.41. The van der Waals surface area contributed by atoms with Gasteiger partial charge >= 0.3 is 0 Å². The summed E-state index contributed by atoms with van der Waals surface area (Å²) in [6, 6.07) is 10.2. The van der Waals surface area contributed by atoms with E-state index in [1.54, 1.807) is 11.6 Å². The molecule has 0 radical (unpaired) electrons. The zero-order valence-electron chi connectivity index (χ0n) is 17.3. The normalized spacial score (nSPS) is 18.1. The molecule has 4 aromatic heterocycles. The summed E-state index contributed by atoms with van der Waals surface area (Å²) in [6.45, 7) is 3.31. The molecule has 2 unspecified atom stereocenters. The molecule has 0 aromatic carbocycles. The Morgan fingerprint density at radius 3 is 2.83 bits per heavy atom. The predicted molar refractivity (Wildman–Crippen MR) is 112 cm³/mol. The summed E-state index contributed by atoms with van der Waals surface area (Å²) in [6.07, 6.45) is 3.06. The SMILES string of the molecule is COCCNc1ccc(C2CC2c2cc(-c3ccc4nnc(C)n4n3)n(C)n2)cn1. The average molecular weight is 404 g/mol. The van der Waals surface area contributed by atoms with Crippen molar-refractivity contribution in [3.63, 3.8) is 0 Å². The van der Waals surface area contributed by atoms with Crippen molar-refractivity contribution in [1.29, 1.82) is 0 Å². The molecule has 154 valence electrons. The molecular weight excluding hydrogens is 380 g/mol. The molecule has 9 heteroatoms. The molecule has 0 bridgehead atoms. The van der Waals surface area contributed by atoms with E-state index >= 15 is 0 Å². The minimum atomic E-state index is 0.416. The molecule has 0 spiro atoms. The molecule has 30 heavy (non-hydrogen) atoms. The summed E-state index contributed by atoms with van der Waals surface area (Å²) in [4.78, 5) is 4.53. The maximum atomic E-state index is 5.05. The molecule has 9 nitrogen and oxygen atoms in total. The summed E-state index contributed by atoms with van der Waals surface area (Å²) >= 11 is 0. The number of fused-ring (bicyclic) bond motifs is 1. The van der Waals surface area contributed by atoms with Crippen molar-refractivity contribution in [1.82, 2.24) is 34.6 Å². The van der Waals surface area contributed by atoms with Crippen LogP contribution in [0.3, 0.4) is 0 Å². The van der Waals surface area contributed by atoms with Crippen molar-refractivity contribution in [2.45, 2.75) is 25.2 Å². The van der Waals surface area contributed by atoms with Crippen molar-refractivity contribution in [3.8, 4) is 11.4 Å². The molecule has 0 aliphatic heterocycles. The quantitative estimate of drug-likeness (QED) is 0.473. The smallest absolute Gasteiger partial charge is 0.177 e. The van der Waals surface area contributed by atoms with Crippen LogP contribution in [-0.2, 0) is 11.8 Å². The zero-order valence-corrected chi connectivity index (χ0v) is 17.3. The number of aromatic nitrogens is 7. The molecular formula is C21H24N8O. The van der Waals surface area contributed by atoms with E-state index in [-0.39, 0.29) is 0 Å². The van der Waals surface area contributed by atoms with Crippen molar-refractivity contribution in [2.24, 2.45) is 7.05 Å². The molecule has 5 rings (SSSR count). The van der Waals surface area contributed by atoms with Gasteiger partial charge in [-0.25, -0.2) is 4.98 Å². The highest BCUT2D eigenvalue weighted by atomic mass is 16.5. The Bertz CT molecular complexity index is 1180. The largest absolute Gasteiger partial charge is 0.383 e. The van der Waals surface area contributed by atoms with Crippen LogP contribution in [0, 0.1) is 6.92 Å². The number of ether oxygens (including phenoxy) is 1. The van der Waals surface area contributed by atoms with Crippen LogP contribution in [-0.4, -0.2) is 54.8 Å². The van der Waals surface area contributed by atoms with Crippen LogP contribution >= 0.6 is 0 Å². The maximum absolute atomic E-state index is 5.05. The third kappa shape index (κ3) is 3.41. The first-order valence-electron chi connectivity index (χ1n) is 10.1. The van der Waals surface area contributed by atoms with Crippen LogP contribution in [0.1, 0.15) is 35.3 Å². The van der Waals surface area contributed by atoms with E-state index in [4.69, 9.17) is 9.84 Å². The van der Waals surface area contributed by atoms with Crippen LogP contribution in [0.15, 0.2) is 36.5 Å². The second-order valence-electron chi connectivity index (χ2n) is 7.66. The average Bonchev–Trinajstić information content (AvgIpc) is 3.35. The van der Waals surface area contributed by atoms with Gasteiger partial charge < -0.3 is 10.1 Å². The predicted octanol–water partition coefficient (Wildman–Crippen LogP) is 2.56. The second kappa shape index (κ2) is 7.49. The van der Waals surface area contributed by atoms with E-state index in [9.17, 15) is 0 Å². The molecule has 1 N–H and O–H groups in total. The first-order valence-corrected chi connectivity index (χ1v) is 10.1. The van der Waals surface area contributed by atoms with Gasteiger partial charge in [-0.15, -0.1) is 10.2 Å². The van der Waals surface area contributed by atoms with E-state index in [0.29, 0.717) is 18.4 Å². The number of hydrogen-bond acceptors (Lipinski definition) is 7. The fraction of sp³-hybridized carbons (Fsp3) is 0.381. The standard InChI is InChI=1S/C21H24N8O/c1-13-24-25-21-7-5-17(27-29(13)21)19-11-18(26-28(19)2)16-10-15(16)14-4-6-20(23-12-14)22-8-9-30-3/h4-7,11-12,15-16H,8-10H2,1-3H3,(H,22,23). The van der Waals surface area contributed by atoms with Gasteiger partial charge in [-0.2, -0.15) is 14.7 Å². The topological polar surface area (TPSA) is 95.1 Å². The summed E-state index contributed by atoms with van der Waals surface area (Å²) in [5, 5.41) is 20.9. The first kappa shape index (κ1) is 18.7. The van der Waals surface area contributed by atoms with Gasteiger partial charge in [0.1, 0.15) is 11.5 Å². The van der Waals surface area contributed by atoms with Crippen molar-refractivity contribution in [2.75, 3.05) is 25.6 Å². The minimum Gasteiger partial charge on any atom is -0.383 e. The van der Waals surface area contributed by atoms with Gasteiger partial charge in [-0.05, 0) is 49.1 Å². The van der Waals surface area contributed by atoms with Crippen molar-refractivity contribution < 1.29 is 4.74 Å². The van der Waals surface area contributed by atoms with Crippen LogP contribution in [0.4, 0.5) is 5.82 Å². The second-order valence-corrected chi connectivity index (χ2v) is 7.66. The third-order valence-electron chi connectivity index (χ3n) is 5.58. The Balaban J connectivity index is 1.32. The molecule has 4 heterocycles. The third-order valence-corrected chi connectivity index (χ3v) is 5.58. The van der Waals surface area contributed by atoms with Gasteiger partial charge in [0.2, 0.25) is 0 Å². The molecule has 1 aliphatic rings. The molecule has 1 aliphatic carbocycles. The van der Waals surface area contributed by atoms with Crippen molar-refractivity contribution >= 4 is 11.5 Å². The van der Waals surface area contributed by atoms with E-state index in [1.807, 2.05) is 43.0 Å². The van der Waals surface area contributed by atoms with Crippen LogP contribution < -0.4 is 5.32 Å². The van der Waals surface area contributed by atoms with Crippen LogP contribution in [0.2, 0.25) is 0 Å². The number of aryl methyl sites for hydroxylation is 2. The summed E-state index contributed by atoms with van der Waals surface area (Å²) < 4.78 is 8.72. The number of methoxy groups -OCH3 is 1. The lowest BCUT2D eigenvalue weighted by Gasteiger charge is -2.05. The van der Waals surface area contributed by atoms with E-state index in [1.165, 1.54) is 5.56 Å². The number of nitrogens with one attached hydrogen (secondary N) is 1. The fourth-order valence-electron chi connectivity index (χ4n) is 3.84. The Morgan fingerprint density at radius 1 is 1.13 bits per heavy atom. The number of nitrogens with zero attached hydrogens (tertiary/aromatic N) is 7. The van der Waals surface area contributed by atoms with Gasteiger partial charge in [-0.3, -0.25) is 4.68 Å². The number of pyridine rings is 1. The van der Waals surface area contributed by atoms with Crippen LogP contribution in [0.25, 0.3) is 17.0 Å². The van der Waals surface area contributed by atoms with Crippen molar-refractivity contribution in [3.05, 3.63) is 53.6 Å². The molecule has 2 atom stereocenters. The molecule has 4 aromatic rings. The van der Waals surface area contributed by atoms with Crippen LogP contribution in [0.5, 0.6) is 0 Å². The lowest BCUT2D eigenvalue weighted by Crippen LogP contribution is -2.08. The lowest BCUT2D eigenvalue weighted by molar-refractivity contribution is 0.210. The fourth-order valence-corrected chi connectivity index (χ4v) is 3.84. The Hall–Kier alpha value is -3.33. The van der Waals surface area contributed by atoms with Gasteiger partial charge in [0, 0.05) is 32.8 Å². The lowest BCUT2D eigenvalue weighted by atomic mass is 10.1. The van der Waals surface area contributed by atoms with E-state index in [0.717, 1.165) is 47.3 Å². The van der Waals surface area contributed by atoms with Gasteiger partial charge in [0.15, 0.2) is 11.5 Å². The monoisotopic (exact) mass is 404 g/mol. The molecule has 1 fully saturated rings. The summed E-state index contributed by atoms with van der Waals surface area (Å²) in [5.74, 6) is 2.52. The van der Waals surface area contributed by atoms with Gasteiger partial charge in [0.25, 0.3) is 0 Å². The number of hydrogen-bond donors (Lipinski definition) is 1. The Labute approximate surface area is 174 Å². The van der Waals surface area contributed by atoms with E-state index in [2.05, 4.69) is 37.7 Å². The maximum Gasteiger partial charge on any atom is 0.177 e. The highest BCUT2D eigenvalue weighted by molar-refractivity contribution is 5.57. The zero-order chi connectivity index (χ0) is 20.7. The molecule has 0 saturated heterocycles. The summed E-state index contributed by atoms with van der Waals surface area (Å²) in [7, 11) is 3.65. The molecule has 0 amide bonds. The number of anilines is 1. The molecule has 1 saturated carbocycles. The Kier molecular flexibility index (Phi) is 4.66. The first-order chi connectivity index (χ1) is 14.6. The summed E-state index contributed by atoms with van der Waals surface area (Å²) in [5.41, 5.74) is 4.94. The highest BCUT2D eigenvalue weighted by Crippen LogP contribution is 2.54.